The summed E-state index contributed by atoms with van der Waals surface area (Å²) in [6.45, 7) is 4.77. The Labute approximate surface area is 202 Å². The molecule has 1 amide bonds. The van der Waals surface area contributed by atoms with Crippen molar-refractivity contribution in [1.82, 2.24) is 14.9 Å². The van der Waals surface area contributed by atoms with Crippen LogP contribution in [0.1, 0.15) is 32.9 Å². The number of anilines is 1. The zero-order valence-electron chi connectivity index (χ0n) is 19.7. The Bertz CT molecular complexity index is 1080. The summed E-state index contributed by atoms with van der Waals surface area (Å²) in [7, 11) is 0. The first-order valence-electron chi connectivity index (χ1n) is 11.0. The zero-order chi connectivity index (χ0) is 25.3. The summed E-state index contributed by atoms with van der Waals surface area (Å²) in [5.74, 6) is -0.257. The molecule has 1 atom stereocenters. The number of thioether (sulfide) groups is 1. The second kappa shape index (κ2) is 13.0. The summed E-state index contributed by atoms with van der Waals surface area (Å²) in [5, 5.41) is 20.4. The van der Waals surface area contributed by atoms with Gasteiger partial charge in [0.1, 0.15) is 12.4 Å². The average Bonchev–Trinajstić information content (AvgIpc) is 2.79. The van der Waals surface area contributed by atoms with E-state index in [0.29, 0.717) is 23.4 Å². The maximum Gasteiger partial charge on any atom is 0.293 e. The van der Waals surface area contributed by atoms with Crippen LogP contribution in [0, 0.1) is 16.7 Å². The lowest BCUT2D eigenvalue weighted by Crippen LogP contribution is -2.38. The first-order valence-corrected chi connectivity index (χ1v) is 12.2. The minimum absolute atomic E-state index is 0.0169. The molecule has 184 valence electrons. The minimum Gasteiger partial charge on any atom is -0.360 e. The van der Waals surface area contributed by atoms with Crippen molar-refractivity contribution < 1.29 is 14.0 Å². The lowest BCUT2D eigenvalue weighted by atomic mass is 9.94. The molecule has 0 aromatic carbocycles. The third kappa shape index (κ3) is 7.75. The third-order valence-corrected chi connectivity index (χ3v) is 6.39. The van der Waals surface area contributed by atoms with Crippen molar-refractivity contribution in [3.8, 4) is 0 Å². The Morgan fingerprint density at radius 2 is 2.06 bits per heavy atom. The normalized spacial score (nSPS) is 15.2. The molecule has 0 saturated heterocycles. The van der Waals surface area contributed by atoms with E-state index in [1.165, 1.54) is 35.5 Å². The monoisotopic (exact) mass is 490 g/mol. The number of hydrogen-bond donors (Lipinski definition) is 4. The number of nitrogens with one attached hydrogen (secondary N) is 4. The zero-order valence-corrected chi connectivity index (χ0v) is 20.5. The van der Waals surface area contributed by atoms with Gasteiger partial charge in [0.05, 0.1) is 30.3 Å². The molecule has 1 aliphatic carbocycles. The van der Waals surface area contributed by atoms with E-state index >= 15 is 0 Å². The van der Waals surface area contributed by atoms with Crippen LogP contribution in [0.4, 0.5) is 10.2 Å². The topological polar surface area (TPSA) is 141 Å². The molecule has 0 saturated carbocycles. The Balaban J connectivity index is 1.89. The van der Waals surface area contributed by atoms with Crippen molar-refractivity contribution in [2.75, 3.05) is 29.9 Å². The van der Waals surface area contributed by atoms with Gasteiger partial charge in [0.2, 0.25) is 5.91 Å². The summed E-state index contributed by atoms with van der Waals surface area (Å²) in [6.07, 6.45) is 6.00. The first kappa shape index (κ1) is 27.2. The summed E-state index contributed by atoms with van der Waals surface area (Å²) in [6, 6.07) is 0. The van der Waals surface area contributed by atoms with Crippen LogP contribution in [0.25, 0.3) is 0 Å². The SMILES string of the molecule is CCc1cnc(NCC(=N)C(C)=N)c(=O)n1CC(=O)NCC(=O)CSCC1=C(F)C=CCC1C. The molecule has 0 fully saturated rings. The standard InChI is InChI=1S/C23H31FN6O3S/c1-4-16-8-28-22(29-10-20(26)15(3)25)23(33)30(16)11-21(32)27-9-17(31)12-34-13-18-14(2)6-5-7-19(18)24/h5,7-8,14,25-26H,4,6,9-13H2,1-3H3,(H,27,32)(H,28,29). The fraction of sp³-hybridized carbons (Fsp3) is 0.478. The molecule has 34 heavy (non-hydrogen) atoms. The van der Waals surface area contributed by atoms with Gasteiger partial charge in [-0.2, -0.15) is 0 Å². The van der Waals surface area contributed by atoms with Crippen LogP contribution < -0.4 is 16.2 Å². The van der Waals surface area contributed by atoms with Crippen LogP contribution in [-0.2, 0) is 22.6 Å². The fourth-order valence-corrected chi connectivity index (χ4v) is 4.27. The summed E-state index contributed by atoms with van der Waals surface area (Å²) in [5.41, 5.74) is 0.834. The molecule has 2 rings (SSSR count). The molecule has 1 aromatic heterocycles. The molecular formula is C23H31FN6O3S. The van der Waals surface area contributed by atoms with Crippen molar-refractivity contribution in [3.63, 3.8) is 0 Å². The largest absolute Gasteiger partial charge is 0.360 e. The molecule has 0 aliphatic heterocycles. The van der Waals surface area contributed by atoms with E-state index in [4.69, 9.17) is 10.8 Å². The molecule has 1 aliphatic rings. The average molecular weight is 491 g/mol. The number of aryl methyl sites for hydroxylation is 1. The van der Waals surface area contributed by atoms with Gasteiger partial charge < -0.3 is 21.5 Å². The smallest absolute Gasteiger partial charge is 0.293 e. The van der Waals surface area contributed by atoms with Gasteiger partial charge in [-0.1, -0.05) is 19.9 Å². The Hall–Kier alpha value is -3.08. The lowest BCUT2D eigenvalue weighted by Gasteiger charge is -2.18. The number of ketones is 1. The molecule has 4 N–H and O–H groups in total. The van der Waals surface area contributed by atoms with E-state index < -0.39 is 11.5 Å². The van der Waals surface area contributed by atoms with Gasteiger partial charge in [-0.3, -0.25) is 19.0 Å². The molecule has 9 nitrogen and oxygen atoms in total. The number of hydrogen-bond acceptors (Lipinski definition) is 8. The highest BCUT2D eigenvalue weighted by molar-refractivity contribution is 8.00. The summed E-state index contributed by atoms with van der Waals surface area (Å²) in [4.78, 5) is 41.4. The second-order valence-corrected chi connectivity index (χ2v) is 9.01. The molecule has 1 heterocycles. The van der Waals surface area contributed by atoms with Crippen LogP contribution in [0.5, 0.6) is 0 Å². The molecule has 0 spiro atoms. The van der Waals surface area contributed by atoms with Crippen LogP contribution in [-0.4, -0.2) is 57.3 Å². The molecule has 0 radical (unpaired) electrons. The number of carbonyl (C=O) groups is 2. The molecule has 0 bridgehead atoms. The highest BCUT2D eigenvalue weighted by atomic mass is 32.2. The van der Waals surface area contributed by atoms with Crippen LogP contribution in [0.15, 0.2) is 34.5 Å². The minimum atomic E-state index is -0.516. The van der Waals surface area contributed by atoms with E-state index in [0.717, 1.165) is 6.42 Å². The van der Waals surface area contributed by atoms with Crippen molar-refractivity contribution in [2.45, 2.75) is 40.2 Å². The highest BCUT2D eigenvalue weighted by Gasteiger charge is 2.17. The number of rotatable bonds is 13. The maximum absolute atomic E-state index is 13.9. The van der Waals surface area contributed by atoms with Gasteiger partial charge in [0, 0.05) is 17.6 Å². The van der Waals surface area contributed by atoms with Gasteiger partial charge in [-0.25, -0.2) is 9.37 Å². The lowest BCUT2D eigenvalue weighted by molar-refractivity contribution is -0.124. The van der Waals surface area contributed by atoms with E-state index in [1.54, 1.807) is 6.08 Å². The van der Waals surface area contributed by atoms with Crippen molar-refractivity contribution in [2.24, 2.45) is 5.92 Å². The number of Topliss-reactive ketones (excluding diaryl/α,β-unsaturated/α-hetero) is 1. The predicted molar refractivity (Wildman–Crippen MR) is 134 cm³/mol. The van der Waals surface area contributed by atoms with Gasteiger partial charge in [0.25, 0.3) is 5.56 Å². The number of carbonyl (C=O) groups excluding carboxylic acids is 2. The van der Waals surface area contributed by atoms with Crippen molar-refractivity contribution >= 4 is 40.7 Å². The fourth-order valence-electron chi connectivity index (χ4n) is 3.20. The highest BCUT2D eigenvalue weighted by Crippen LogP contribution is 2.28. The number of allylic oxidation sites excluding steroid dienone is 3. The second-order valence-electron chi connectivity index (χ2n) is 8.02. The van der Waals surface area contributed by atoms with Gasteiger partial charge in [-0.05, 0) is 37.3 Å². The molecule has 1 unspecified atom stereocenters. The molecule has 11 heteroatoms. The summed E-state index contributed by atoms with van der Waals surface area (Å²) >= 11 is 1.31. The predicted octanol–water partition coefficient (Wildman–Crippen LogP) is 2.52. The number of amides is 1. The van der Waals surface area contributed by atoms with Crippen molar-refractivity contribution in [1.29, 1.82) is 10.8 Å². The third-order valence-electron chi connectivity index (χ3n) is 5.35. The number of halogens is 1. The summed E-state index contributed by atoms with van der Waals surface area (Å²) < 4.78 is 15.2. The Morgan fingerprint density at radius 1 is 1.32 bits per heavy atom. The number of nitrogens with zero attached hydrogens (tertiary/aromatic N) is 2. The van der Waals surface area contributed by atoms with Gasteiger partial charge in [-0.15, -0.1) is 11.8 Å². The van der Waals surface area contributed by atoms with Crippen LogP contribution in [0.2, 0.25) is 0 Å². The van der Waals surface area contributed by atoms with E-state index in [9.17, 15) is 18.8 Å². The van der Waals surface area contributed by atoms with E-state index in [-0.39, 0.29) is 60.2 Å². The van der Waals surface area contributed by atoms with E-state index in [1.807, 2.05) is 13.8 Å². The first-order chi connectivity index (χ1) is 16.1. The van der Waals surface area contributed by atoms with Gasteiger partial charge in [0.15, 0.2) is 11.6 Å². The molecular weight excluding hydrogens is 459 g/mol. The quantitative estimate of drug-likeness (QED) is 0.313. The van der Waals surface area contributed by atoms with Crippen molar-refractivity contribution in [3.05, 3.63) is 45.8 Å². The Kier molecular flexibility index (Phi) is 10.4. The van der Waals surface area contributed by atoms with Gasteiger partial charge >= 0.3 is 0 Å². The van der Waals surface area contributed by atoms with E-state index in [2.05, 4.69) is 15.6 Å². The van der Waals surface area contributed by atoms with Crippen LogP contribution >= 0.6 is 11.8 Å². The number of aromatic nitrogens is 2. The molecule has 1 aromatic rings. The Morgan fingerprint density at radius 3 is 2.71 bits per heavy atom. The maximum atomic E-state index is 13.9. The van der Waals surface area contributed by atoms with Crippen LogP contribution in [0.3, 0.4) is 0 Å².